The van der Waals surface area contributed by atoms with Gasteiger partial charge in [-0.05, 0) is 45.5 Å². The van der Waals surface area contributed by atoms with Crippen molar-refractivity contribution in [3.63, 3.8) is 0 Å². The Morgan fingerprint density at radius 2 is 2.00 bits per heavy atom. The molecule has 1 rings (SSSR count). The molecule has 1 aromatic carbocycles. The van der Waals surface area contributed by atoms with E-state index >= 15 is 0 Å². The number of nitrogens with one attached hydrogen (secondary N) is 1. The maximum absolute atomic E-state index is 13.6. The zero-order valence-electron chi connectivity index (χ0n) is 12.5. The van der Waals surface area contributed by atoms with E-state index in [0.29, 0.717) is 18.7 Å². The Kier molecular flexibility index (Phi) is 6.10. The summed E-state index contributed by atoms with van der Waals surface area (Å²) in [6, 6.07) is 3.82. The van der Waals surface area contributed by atoms with E-state index in [1.54, 1.807) is 7.05 Å². The summed E-state index contributed by atoms with van der Waals surface area (Å²) in [6.45, 7) is 6.36. The lowest BCUT2D eigenvalue weighted by atomic mass is 10.2. The van der Waals surface area contributed by atoms with Crippen molar-refractivity contribution < 1.29 is 12.8 Å². The molecule has 0 aliphatic carbocycles. The minimum absolute atomic E-state index is 0.127. The van der Waals surface area contributed by atoms with Crippen molar-refractivity contribution in [2.45, 2.75) is 44.7 Å². The lowest BCUT2D eigenvalue weighted by molar-refractivity contribution is 0.354. The maximum atomic E-state index is 13.6. The van der Waals surface area contributed by atoms with E-state index in [0.717, 1.165) is 6.42 Å². The molecule has 0 spiro atoms. The van der Waals surface area contributed by atoms with Crippen LogP contribution < -0.4 is 5.32 Å². The SMILES string of the molecule is CCCN(C(C)C)S(=O)(=O)c1ccc(F)c(CNC)c1. The molecule has 114 valence electrons. The highest BCUT2D eigenvalue weighted by Crippen LogP contribution is 2.21. The molecule has 0 aliphatic heterocycles. The lowest BCUT2D eigenvalue weighted by Gasteiger charge is -2.25. The van der Waals surface area contributed by atoms with Gasteiger partial charge in [0.1, 0.15) is 5.82 Å². The molecule has 1 aromatic rings. The quantitative estimate of drug-likeness (QED) is 0.841. The fraction of sp³-hybridized carbons (Fsp3) is 0.571. The topological polar surface area (TPSA) is 49.4 Å². The summed E-state index contributed by atoms with van der Waals surface area (Å²) >= 11 is 0. The van der Waals surface area contributed by atoms with Crippen LogP contribution in [0.1, 0.15) is 32.8 Å². The molecule has 0 atom stereocenters. The molecule has 0 saturated carbocycles. The molecule has 0 aromatic heterocycles. The number of hydrogen-bond donors (Lipinski definition) is 1. The number of benzene rings is 1. The number of hydrogen-bond acceptors (Lipinski definition) is 3. The van der Waals surface area contributed by atoms with Crippen molar-refractivity contribution in [3.05, 3.63) is 29.6 Å². The van der Waals surface area contributed by atoms with Crippen molar-refractivity contribution in [1.82, 2.24) is 9.62 Å². The second-order valence-electron chi connectivity index (χ2n) is 4.99. The van der Waals surface area contributed by atoms with E-state index in [4.69, 9.17) is 0 Å². The van der Waals surface area contributed by atoms with Gasteiger partial charge in [-0.3, -0.25) is 0 Å². The standard InChI is InChI=1S/C14H23FN2O2S/c1-5-8-17(11(2)3)20(18,19)13-6-7-14(15)12(9-13)10-16-4/h6-7,9,11,16H,5,8,10H2,1-4H3. The monoisotopic (exact) mass is 302 g/mol. The number of nitrogens with zero attached hydrogens (tertiary/aromatic N) is 1. The molecule has 4 nitrogen and oxygen atoms in total. The van der Waals surface area contributed by atoms with Gasteiger partial charge in [-0.1, -0.05) is 6.92 Å². The molecular weight excluding hydrogens is 279 g/mol. The van der Waals surface area contributed by atoms with Crippen molar-refractivity contribution in [2.24, 2.45) is 0 Å². The fourth-order valence-electron chi connectivity index (χ4n) is 2.05. The van der Waals surface area contributed by atoms with Gasteiger partial charge in [0.05, 0.1) is 4.90 Å². The Bertz CT molecular complexity index is 544. The third kappa shape index (κ3) is 3.77. The van der Waals surface area contributed by atoms with Crippen LogP contribution >= 0.6 is 0 Å². The molecule has 20 heavy (non-hydrogen) atoms. The van der Waals surface area contributed by atoms with Gasteiger partial charge in [-0.2, -0.15) is 4.31 Å². The van der Waals surface area contributed by atoms with Gasteiger partial charge in [-0.25, -0.2) is 12.8 Å². The summed E-state index contributed by atoms with van der Waals surface area (Å²) in [6.07, 6.45) is 0.738. The Balaban J connectivity index is 3.23. The van der Waals surface area contributed by atoms with Crippen LogP contribution in [0.5, 0.6) is 0 Å². The molecule has 0 bridgehead atoms. The predicted molar refractivity (Wildman–Crippen MR) is 78.5 cm³/mol. The van der Waals surface area contributed by atoms with Crippen molar-refractivity contribution >= 4 is 10.0 Å². The first-order chi connectivity index (χ1) is 9.34. The number of sulfonamides is 1. The molecule has 0 amide bonds. The van der Waals surface area contributed by atoms with Gasteiger partial charge >= 0.3 is 0 Å². The third-order valence-electron chi connectivity index (χ3n) is 3.01. The van der Waals surface area contributed by atoms with Crippen molar-refractivity contribution in [3.8, 4) is 0 Å². The minimum atomic E-state index is -3.58. The van der Waals surface area contributed by atoms with E-state index in [-0.39, 0.29) is 10.9 Å². The Labute approximate surface area is 121 Å². The van der Waals surface area contributed by atoms with Gasteiger partial charge in [-0.15, -0.1) is 0 Å². The van der Waals surface area contributed by atoms with Crippen molar-refractivity contribution in [1.29, 1.82) is 0 Å². The van der Waals surface area contributed by atoms with Crippen LogP contribution in [0.2, 0.25) is 0 Å². The van der Waals surface area contributed by atoms with Crippen LogP contribution in [0.25, 0.3) is 0 Å². The van der Waals surface area contributed by atoms with Crippen LogP contribution in [0.3, 0.4) is 0 Å². The summed E-state index contributed by atoms with van der Waals surface area (Å²) in [5.41, 5.74) is 0.355. The van der Waals surface area contributed by atoms with Gasteiger partial charge in [0, 0.05) is 24.7 Å². The highest BCUT2D eigenvalue weighted by atomic mass is 32.2. The smallest absolute Gasteiger partial charge is 0.243 e. The van der Waals surface area contributed by atoms with Gasteiger partial charge in [0.2, 0.25) is 10.0 Å². The molecular formula is C14H23FN2O2S. The second kappa shape index (κ2) is 7.15. The minimum Gasteiger partial charge on any atom is -0.316 e. The summed E-state index contributed by atoms with van der Waals surface area (Å²) < 4.78 is 40.3. The third-order valence-corrected chi connectivity index (χ3v) is 5.08. The van der Waals surface area contributed by atoms with E-state index in [1.165, 1.54) is 22.5 Å². The maximum Gasteiger partial charge on any atom is 0.243 e. The zero-order chi connectivity index (χ0) is 15.3. The summed E-state index contributed by atoms with van der Waals surface area (Å²) in [7, 11) is -1.89. The highest BCUT2D eigenvalue weighted by molar-refractivity contribution is 7.89. The van der Waals surface area contributed by atoms with Crippen LogP contribution in [0, 0.1) is 5.82 Å². The fourth-order valence-corrected chi connectivity index (χ4v) is 3.83. The summed E-state index contributed by atoms with van der Waals surface area (Å²) in [5.74, 6) is -0.398. The molecule has 0 aliphatic rings. The first-order valence-corrected chi connectivity index (χ1v) is 8.23. The Morgan fingerprint density at radius 1 is 1.35 bits per heavy atom. The average molecular weight is 302 g/mol. The first-order valence-electron chi connectivity index (χ1n) is 6.79. The van der Waals surface area contributed by atoms with E-state index < -0.39 is 15.8 Å². The summed E-state index contributed by atoms with van der Waals surface area (Å²) in [4.78, 5) is 0.145. The summed E-state index contributed by atoms with van der Waals surface area (Å²) in [5, 5.41) is 2.83. The van der Waals surface area contributed by atoms with E-state index in [9.17, 15) is 12.8 Å². The Morgan fingerprint density at radius 3 is 2.50 bits per heavy atom. The number of rotatable bonds is 7. The average Bonchev–Trinajstić information content (AvgIpc) is 2.38. The van der Waals surface area contributed by atoms with Crippen LogP contribution in [-0.4, -0.2) is 32.4 Å². The second-order valence-corrected chi connectivity index (χ2v) is 6.88. The van der Waals surface area contributed by atoms with Crippen LogP contribution in [0.15, 0.2) is 23.1 Å². The highest BCUT2D eigenvalue weighted by Gasteiger charge is 2.26. The molecule has 1 N–H and O–H groups in total. The van der Waals surface area contributed by atoms with Crippen molar-refractivity contribution in [2.75, 3.05) is 13.6 Å². The normalized spacial score (nSPS) is 12.3. The molecule has 6 heteroatoms. The molecule has 0 radical (unpaired) electrons. The van der Waals surface area contributed by atoms with Gasteiger partial charge < -0.3 is 5.32 Å². The zero-order valence-corrected chi connectivity index (χ0v) is 13.3. The van der Waals surface area contributed by atoms with Gasteiger partial charge in [0.25, 0.3) is 0 Å². The first kappa shape index (κ1) is 17.1. The van der Waals surface area contributed by atoms with Crippen LogP contribution in [0.4, 0.5) is 4.39 Å². The van der Waals surface area contributed by atoms with E-state index in [1.807, 2.05) is 20.8 Å². The molecule has 0 heterocycles. The largest absolute Gasteiger partial charge is 0.316 e. The van der Waals surface area contributed by atoms with Gasteiger partial charge in [0.15, 0.2) is 0 Å². The predicted octanol–water partition coefficient (Wildman–Crippen LogP) is 2.35. The van der Waals surface area contributed by atoms with E-state index in [2.05, 4.69) is 5.32 Å². The van der Waals surface area contributed by atoms with Crippen LogP contribution in [-0.2, 0) is 16.6 Å². The Hall–Kier alpha value is -0.980. The molecule has 0 unspecified atom stereocenters. The number of halogens is 1. The molecule has 0 saturated heterocycles. The lowest BCUT2D eigenvalue weighted by Crippen LogP contribution is -2.37. The molecule has 0 fully saturated rings.